The molecule has 1 aromatic carbocycles. The number of benzene rings is 1. The highest BCUT2D eigenvalue weighted by atomic mass is 16.5. The van der Waals surface area contributed by atoms with E-state index in [0.717, 1.165) is 0 Å². The van der Waals surface area contributed by atoms with Crippen LogP contribution in [0.5, 0.6) is 5.75 Å². The smallest absolute Gasteiger partial charge is 0.323 e. The van der Waals surface area contributed by atoms with E-state index in [1.807, 2.05) is 13.0 Å². The molecule has 0 saturated carbocycles. The molecule has 13 nitrogen and oxygen atoms in total. The summed E-state index contributed by atoms with van der Waals surface area (Å²) in [4.78, 5) is 30.8. The number of aryl methyl sites for hydroxylation is 1. The first-order chi connectivity index (χ1) is 16.2. The lowest BCUT2D eigenvalue weighted by molar-refractivity contribution is 0.0958. The number of likely N-dealkylation sites (tertiary alicyclic amines) is 1. The van der Waals surface area contributed by atoms with Gasteiger partial charge in [0.1, 0.15) is 6.33 Å². The second-order valence-electron chi connectivity index (χ2n) is 8.26. The van der Waals surface area contributed by atoms with E-state index in [-0.39, 0.29) is 17.5 Å². The van der Waals surface area contributed by atoms with E-state index in [4.69, 9.17) is 10.5 Å². The van der Waals surface area contributed by atoms with E-state index in [9.17, 15) is 9.59 Å². The van der Waals surface area contributed by atoms with Crippen molar-refractivity contribution in [3.8, 4) is 17.1 Å². The highest BCUT2D eigenvalue weighted by Crippen LogP contribution is 2.37. The largest absolute Gasteiger partial charge is 0.494 e. The second kappa shape index (κ2) is 8.94. The number of urea groups is 1. The third-order valence-electron chi connectivity index (χ3n) is 5.19. The molecule has 3 aromatic rings. The predicted molar refractivity (Wildman–Crippen MR) is 125 cm³/mol. The van der Waals surface area contributed by atoms with Gasteiger partial charge in [0.2, 0.25) is 0 Å². The molecule has 13 heteroatoms. The Labute approximate surface area is 195 Å². The van der Waals surface area contributed by atoms with Gasteiger partial charge in [0, 0.05) is 38.8 Å². The van der Waals surface area contributed by atoms with Crippen LogP contribution in [0.3, 0.4) is 0 Å². The number of rotatable bonds is 6. The van der Waals surface area contributed by atoms with Crippen molar-refractivity contribution in [3.05, 3.63) is 36.3 Å². The van der Waals surface area contributed by atoms with Crippen molar-refractivity contribution in [2.45, 2.75) is 12.5 Å². The van der Waals surface area contributed by atoms with Crippen LogP contribution in [0.4, 0.5) is 22.0 Å². The minimum absolute atomic E-state index is 0.0439. The summed E-state index contributed by atoms with van der Waals surface area (Å²) in [6, 6.07) is 6.59. The summed E-state index contributed by atoms with van der Waals surface area (Å²) >= 11 is 0. The van der Waals surface area contributed by atoms with E-state index >= 15 is 0 Å². The Bertz CT molecular complexity index is 1230. The van der Waals surface area contributed by atoms with Gasteiger partial charge in [0.15, 0.2) is 23.1 Å². The Morgan fingerprint density at radius 1 is 1.21 bits per heavy atom. The number of nitrogens with two attached hydrogens (primary N) is 1. The summed E-state index contributed by atoms with van der Waals surface area (Å²) in [5.74, 6) is 0.682. The zero-order chi connectivity index (χ0) is 24.5. The molecule has 1 fully saturated rings. The van der Waals surface area contributed by atoms with Gasteiger partial charge in [-0.05, 0) is 19.1 Å². The molecule has 0 bridgehead atoms. The lowest BCUT2D eigenvalue weighted by Gasteiger charge is -2.44. The van der Waals surface area contributed by atoms with E-state index in [1.54, 1.807) is 35.1 Å². The van der Waals surface area contributed by atoms with Crippen LogP contribution in [-0.4, -0.2) is 74.6 Å². The van der Waals surface area contributed by atoms with Gasteiger partial charge < -0.3 is 26.0 Å². The van der Waals surface area contributed by atoms with Gasteiger partial charge in [-0.3, -0.25) is 14.8 Å². The molecule has 0 spiro atoms. The van der Waals surface area contributed by atoms with Crippen molar-refractivity contribution < 1.29 is 14.3 Å². The van der Waals surface area contributed by atoms with Gasteiger partial charge in [-0.15, -0.1) is 10.2 Å². The van der Waals surface area contributed by atoms with Crippen LogP contribution >= 0.6 is 0 Å². The Hall–Kier alpha value is -4.26. The van der Waals surface area contributed by atoms with Crippen LogP contribution in [0.1, 0.15) is 17.4 Å². The van der Waals surface area contributed by atoms with E-state index in [0.29, 0.717) is 41.6 Å². The number of hydrogen-bond acceptors (Lipinski definition) is 9. The lowest BCUT2D eigenvalue weighted by atomic mass is 9.94. The maximum absolute atomic E-state index is 12.5. The molecule has 0 atom stereocenters. The number of ether oxygens (including phenoxy) is 1. The van der Waals surface area contributed by atoms with Crippen molar-refractivity contribution in [3.63, 3.8) is 0 Å². The van der Waals surface area contributed by atoms with E-state index < -0.39 is 11.4 Å². The summed E-state index contributed by atoms with van der Waals surface area (Å²) < 4.78 is 7.22. The first-order valence-corrected chi connectivity index (χ1v) is 10.5. The van der Waals surface area contributed by atoms with Crippen LogP contribution in [0.25, 0.3) is 11.4 Å². The van der Waals surface area contributed by atoms with Crippen LogP contribution in [-0.2, 0) is 7.05 Å². The molecule has 4 rings (SSSR count). The van der Waals surface area contributed by atoms with Gasteiger partial charge in [-0.25, -0.2) is 9.78 Å². The first-order valence-electron chi connectivity index (χ1n) is 10.5. The number of para-hydroxylation sites is 1. The highest BCUT2D eigenvalue weighted by molar-refractivity contribution is 5.99. The molecule has 178 valence electrons. The van der Waals surface area contributed by atoms with E-state index in [1.165, 1.54) is 20.2 Å². The third kappa shape index (κ3) is 4.59. The molecule has 5 N–H and O–H groups in total. The monoisotopic (exact) mass is 466 g/mol. The zero-order valence-corrected chi connectivity index (χ0v) is 19.3. The van der Waals surface area contributed by atoms with Crippen molar-refractivity contribution in [2.75, 3.05) is 37.9 Å². The minimum Gasteiger partial charge on any atom is -0.494 e. The van der Waals surface area contributed by atoms with Crippen molar-refractivity contribution in [2.24, 2.45) is 12.8 Å². The molecule has 0 radical (unpaired) electrons. The number of amides is 3. The normalized spacial score (nSPS) is 14.2. The number of carbonyl (C=O) groups excluding carboxylic acids is 2. The van der Waals surface area contributed by atoms with Crippen LogP contribution in [0.15, 0.2) is 30.6 Å². The fourth-order valence-electron chi connectivity index (χ4n) is 3.63. The van der Waals surface area contributed by atoms with E-state index in [2.05, 4.69) is 36.2 Å². The van der Waals surface area contributed by atoms with Gasteiger partial charge >= 0.3 is 6.03 Å². The van der Waals surface area contributed by atoms with Crippen molar-refractivity contribution in [1.82, 2.24) is 35.2 Å². The number of aromatic nitrogens is 5. The van der Waals surface area contributed by atoms with Crippen molar-refractivity contribution in [1.29, 1.82) is 0 Å². The zero-order valence-electron chi connectivity index (χ0n) is 19.3. The standard InChI is InChI=1S/C21H26N10O3/c1-21(22)9-31(10-21)20(33)26-15-8-14(16(28-27-15)19(32)23-2)25-13-7-5-6-12(17(13)34-4)18-24-11-30(3)29-18/h5-8,11H,9-10,22H2,1-4H3,(H,23,32)(H2,25,26,27,33). The number of methoxy groups -OCH3 is 1. The molecule has 1 saturated heterocycles. The van der Waals surface area contributed by atoms with Crippen LogP contribution < -0.4 is 26.4 Å². The molecule has 0 unspecified atom stereocenters. The topological polar surface area (TPSA) is 165 Å². The maximum atomic E-state index is 12.5. The van der Waals surface area contributed by atoms with Crippen molar-refractivity contribution >= 4 is 29.1 Å². The number of anilines is 3. The number of nitrogens with zero attached hydrogens (tertiary/aromatic N) is 6. The van der Waals surface area contributed by atoms with Gasteiger partial charge in [-0.1, -0.05) is 6.07 Å². The third-order valence-corrected chi connectivity index (χ3v) is 5.19. The second-order valence-corrected chi connectivity index (χ2v) is 8.26. The average Bonchev–Trinajstić information content (AvgIpc) is 3.23. The highest BCUT2D eigenvalue weighted by Gasteiger charge is 2.38. The quantitative estimate of drug-likeness (QED) is 0.414. The lowest BCUT2D eigenvalue weighted by Crippen LogP contribution is -2.67. The van der Waals surface area contributed by atoms with Crippen LogP contribution in [0.2, 0.25) is 0 Å². The van der Waals surface area contributed by atoms with Gasteiger partial charge in [0.25, 0.3) is 5.91 Å². The first kappa shape index (κ1) is 22.9. The summed E-state index contributed by atoms with van der Waals surface area (Å²) in [6.07, 6.45) is 1.59. The molecule has 3 amide bonds. The fraction of sp³-hybridized carbons (Fsp3) is 0.333. The molecule has 34 heavy (non-hydrogen) atoms. The Balaban J connectivity index is 1.65. The molecular weight excluding hydrogens is 440 g/mol. The van der Waals surface area contributed by atoms with Gasteiger partial charge in [0.05, 0.1) is 24.0 Å². The summed E-state index contributed by atoms with van der Waals surface area (Å²) in [5, 5.41) is 20.7. The Morgan fingerprint density at radius 3 is 2.59 bits per heavy atom. The molecule has 3 heterocycles. The number of carbonyl (C=O) groups is 2. The SMILES string of the molecule is CNC(=O)c1nnc(NC(=O)N2CC(C)(N)C2)cc1Nc1cccc(-c2ncn(C)n2)c1OC. The maximum Gasteiger partial charge on any atom is 0.323 e. The summed E-state index contributed by atoms with van der Waals surface area (Å²) in [5.41, 5.74) is 7.15. The Morgan fingerprint density at radius 2 is 1.97 bits per heavy atom. The molecule has 1 aliphatic rings. The fourth-order valence-corrected chi connectivity index (χ4v) is 3.63. The van der Waals surface area contributed by atoms with Gasteiger partial charge in [-0.2, -0.15) is 5.10 Å². The summed E-state index contributed by atoms with van der Waals surface area (Å²) in [7, 11) is 4.79. The molecular formula is C21H26N10O3. The number of nitrogens with one attached hydrogen (secondary N) is 3. The Kier molecular flexibility index (Phi) is 6.03. The predicted octanol–water partition coefficient (Wildman–Crippen LogP) is 0.949. The minimum atomic E-state index is -0.448. The summed E-state index contributed by atoms with van der Waals surface area (Å²) in [6.45, 7) is 2.73. The number of hydrogen-bond donors (Lipinski definition) is 4. The molecule has 0 aliphatic carbocycles. The average molecular weight is 467 g/mol. The molecule has 2 aromatic heterocycles. The van der Waals surface area contributed by atoms with Crippen LogP contribution in [0, 0.1) is 0 Å². The molecule has 1 aliphatic heterocycles.